The summed E-state index contributed by atoms with van der Waals surface area (Å²) >= 11 is 0. The number of hydrogen-bond acceptors (Lipinski definition) is 1. The van der Waals surface area contributed by atoms with E-state index in [0.717, 1.165) is 12.8 Å². The molecule has 1 saturated carbocycles. The summed E-state index contributed by atoms with van der Waals surface area (Å²) in [7, 11) is 0. The average molecular weight is 198 g/mol. The molecule has 0 unspecified atom stereocenters. The standard InChI is InChI=1S/C12H22O2/c1-12(2,3)10(11(13)14)9-7-5-4-6-8-9/h9-10H,4-8H2,1-3H3,(H,13,14)/t10-/m0/s1. The minimum absolute atomic E-state index is 0.103. The van der Waals surface area contributed by atoms with Crippen molar-refractivity contribution in [2.75, 3.05) is 0 Å². The molecule has 1 aliphatic rings. The zero-order valence-corrected chi connectivity index (χ0v) is 9.55. The third-order valence-corrected chi connectivity index (χ3v) is 3.32. The summed E-state index contributed by atoms with van der Waals surface area (Å²) < 4.78 is 0. The molecule has 1 rings (SSSR count). The molecule has 0 bridgehead atoms. The number of carboxylic acids is 1. The maximum Gasteiger partial charge on any atom is 0.307 e. The molecule has 0 aromatic carbocycles. The zero-order valence-electron chi connectivity index (χ0n) is 9.55. The summed E-state index contributed by atoms with van der Waals surface area (Å²) in [6.07, 6.45) is 5.92. The van der Waals surface area contributed by atoms with Crippen LogP contribution in [0.1, 0.15) is 52.9 Å². The van der Waals surface area contributed by atoms with E-state index in [2.05, 4.69) is 0 Å². The van der Waals surface area contributed by atoms with Crippen LogP contribution in [-0.2, 0) is 4.79 Å². The summed E-state index contributed by atoms with van der Waals surface area (Å²) in [4.78, 5) is 11.2. The number of hydrogen-bond donors (Lipinski definition) is 1. The largest absolute Gasteiger partial charge is 0.481 e. The first-order valence-corrected chi connectivity index (χ1v) is 5.65. The number of aliphatic carboxylic acids is 1. The van der Waals surface area contributed by atoms with Crippen LogP contribution in [0.5, 0.6) is 0 Å². The van der Waals surface area contributed by atoms with Crippen LogP contribution < -0.4 is 0 Å². The molecular formula is C12H22O2. The molecule has 1 fully saturated rings. The van der Waals surface area contributed by atoms with Gasteiger partial charge in [0, 0.05) is 0 Å². The van der Waals surface area contributed by atoms with Gasteiger partial charge in [-0.1, -0.05) is 40.0 Å². The maximum atomic E-state index is 11.2. The fourth-order valence-electron chi connectivity index (χ4n) is 2.75. The Morgan fingerprint density at radius 2 is 1.71 bits per heavy atom. The first kappa shape index (κ1) is 11.5. The highest BCUT2D eigenvalue weighted by atomic mass is 16.4. The summed E-state index contributed by atoms with van der Waals surface area (Å²) in [6.45, 7) is 6.13. The molecule has 1 aliphatic carbocycles. The van der Waals surface area contributed by atoms with Gasteiger partial charge in [-0.05, 0) is 24.2 Å². The van der Waals surface area contributed by atoms with Crippen molar-refractivity contribution in [2.24, 2.45) is 17.3 Å². The van der Waals surface area contributed by atoms with Gasteiger partial charge in [-0.25, -0.2) is 0 Å². The van der Waals surface area contributed by atoms with Crippen molar-refractivity contribution in [1.82, 2.24) is 0 Å². The maximum absolute atomic E-state index is 11.2. The Balaban J connectivity index is 2.71. The highest BCUT2D eigenvalue weighted by Gasteiger charge is 2.38. The minimum Gasteiger partial charge on any atom is -0.481 e. The molecule has 0 radical (unpaired) electrons. The van der Waals surface area contributed by atoms with E-state index in [4.69, 9.17) is 0 Å². The van der Waals surface area contributed by atoms with Crippen molar-refractivity contribution in [2.45, 2.75) is 52.9 Å². The number of carboxylic acid groups (broad SMARTS) is 1. The predicted molar refractivity (Wildman–Crippen MR) is 57.2 cm³/mol. The molecule has 1 N–H and O–H groups in total. The Bertz CT molecular complexity index is 197. The summed E-state index contributed by atoms with van der Waals surface area (Å²) in [5, 5.41) is 9.26. The molecule has 2 heteroatoms. The molecule has 0 saturated heterocycles. The summed E-state index contributed by atoms with van der Waals surface area (Å²) in [5.41, 5.74) is -0.103. The molecule has 0 amide bonds. The first-order chi connectivity index (χ1) is 6.43. The van der Waals surface area contributed by atoms with Crippen molar-refractivity contribution in [3.05, 3.63) is 0 Å². The zero-order chi connectivity index (χ0) is 10.8. The Morgan fingerprint density at radius 1 is 1.21 bits per heavy atom. The fraction of sp³-hybridized carbons (Fsp3) is 0.917. The fourth-order valence-corrected chi connectivity index (χ4v) is 2.75. The average Bonchev–Trinajstić information content (AvgIpc) is 2.02. The van der Waals surface area contributed by atoms with Crippen molar-refractivity contribution in [3.8, 4) is 0 Å². The Hall–Kier alpha value is -0.530. The Labute approximate surface area is 86.7 Å². The van der Waals surface area contributed by atoms with Gasteiger partial charge in [-0.15, -0.1) is 0 Å². The molecule has 82 valence electrons. The van der Waals surface area contributed by atoms with E-state index < -0.39 is 5.97 Å². The third kappa shape index (κ3) is 2.73. The van der Waals surface area contributed by atoms with Gasteiger partial charge in [0.1, 0.15) is 0 Å². The van der Waals surface area contributed by atoms with Crippen LogP contribution in [0.25, 0.3) is 0 Å². The van der Waals surface area contributed by atoms with Crippen LogP contribution in [0.4, 0.5) is 0 Å². The summed E-state index contributed by atoms with van der Waals surface area (Å²) in [5.74, 6) is -0.367. The third-order valence-electron chi connectivity index (χ3n) is 3.32. The van der Waals surface area contributed by atoms with Gasteiger partial charge in [0.15, 0.2) is 0 Å². The number of carbonyl (C=O) groups is 1. The van der Waals surface area contributed by atoms with E-state index in [-0.39, 0.29) is 11.3 Å². The smallest absolute Gasteiger partial charge is 0.307 e. The second kappa shape index (κ2) is 4.33. The Kier molecular flexibility index (Phi) is 3.57. The van der Waals surface area contributed by atoms with Gasteiger partial charge in [-0.2, -0.15) is 0 Å². The van der Waals surface area contributed by atoms with Crippen LogP contribution in [0, 0.1) is 17.3 Å². The predicted octanol–water partition coefficient (Wildman–Crippen LogP) is 3.31. The molecule has 0 aromatic heterocycles. The molecule has 0 aromatic rings. The SMILES string of the molecule is CC(C)(C)[C@H](C(=O)O)C1CCCCC1. The topological polar surface area (TPSA) is 37.3 Å². The van der Waals surface area contributed by atoms with E-state index in [9.17, 15) is 9.90 Å². The molecular weight excluding hydrogens is 176 g/mol. The second-order valence-electron chi connectivity index (χ2n) is 5.58. The van der Waals surface area contributed by atoms with E-state index in [1.54, 1.807) is 0 Å². The van der Waals surface area contributed by atoms with Crippen molar-refractivity contribution in [1.29, 1.82) is 0 Å². The van der Waals surface area contributed by atoms with Crippen molar-refractivity contribution in [3.63, 3.8) is 0 Å². The quantitative estimate of drug-likeness (QED) is 0.739. The van der Waals surface area contributed by atoms with Crippen LogP contribution in [0.3, 0.4) is 0 Å². The molecule has 2 nitrogen and oxygen atoms in total. The lowest BCUT2D eigenvalue weighted by atomic mass is 9.68. The molecule has 1 atom stereocenters. The highest BCUT2D eigenvalue weighted by Crippen LogP contribution is 2.39. The molecule has 0 heterocycles. The van der Waals surface area contributed by atoms with Crippen molar-refractivity contribution < 1.29 is 9.90 Å². The lowest BCUT2D eigenvalue weighted by Crippen LogP contribution is -2.36. The Morgan fingerprint density at radius 3 is 2.07 bits per heavy atom. The molecule has 0 aliphatic heterocycles. The van der Waals surface area contributed by atoms with E-state index in [0.29, 0.717) is 5.92 Å². The van der Waals surface area contributed by atoms with Gasteiger partial charge in [0.05, 0.1) is 5.92 Å². The normalized spacial score (nSPS) is 21.9. The van der Waals surface area contributed by atoms with Crippen LogP contribution in [0.2, 0.25) is 0 Å². The lowest BCUT2D eigenvalue weighted by Gasteiger charge is -2.36. The van der Waals surface area contributed by atoms with Crippen molar-refractivity contribution >= 4 is 5.97 Å². The molecule has 0 spiro atoms. The van der Waals surface area contributed by atoms with Crippen LogP contribution in [-0.4, -0.2) is 11.1 Å². The van der Waals surface area contributed by atoms with Crippen LogP contribution in [0.15, 0.2) is 0 Å². The van der Waals surface area contributed by atoms with Crippen LogP contribution >= 0.6 is 0 Å². The lowest BCUT2D eigenvalue weighted by molar-refractivity contribution is -0.149. The second-order valence-corrected chi connectivity index (χ2v) is 5.58. The summed E-state index contributed by atoms with van der Waals surface area (Å²) in [6, 6.07) is 0. The van der Waals surface area contributed by atoms with E-state index >= 15 is 0 Å². The van der Waals surface area contributed by atoms with Gasteiger partial charge < -0.3 is 5.11 Å². The minimum atomic E-state index is -0.607. The van der Waals surface area contributed by atoms with E-state index in [1.165, 1.54) is 19.3 Å². The van der Waals surface area contributed by atoms with Gasteiger partial charge >= 0.3 is 5.97 Å². The highest BCUT2D eigenvalue weighted by molar-refractivity contribution is 5.71. The van der Waals surface area contributed by atoms with Gasteiger partial charge in [-0.3, -0.25) is 4.79 Å². The number of rotatable bonds is 2. The van der Waals surface area contributed by atoms with E-state index in [1.807, 2.05) is 20.8 Å². The first-order valence-electron chi connectivity index (χ1n) is 5.65. The monoisotopic (exact) mass is 198 g/mol. The van der Waals surface area contributed by atoms with Gasteiger partial charge in [0.25, 0.3) is 0 Å². The van der Waals surface area contributed by atoms with Gasteiger partial charge in [0.2, 0.25) is 0 Å². The molecule has 14 heavy (non-hydrogen) atoms.